The summed E-state index contributed by atoms with van der Waals surface area (Å²) >= 11 is 0. The zero-order valence-corrected chi connectivity index (χ0v) is 38.0. The zero-order chi connectivity index (χ0) is 48.5. The molecule has 4 bridgehead atoms. The highest BCUT2D eigenvalue weighted by Crippen LogP contribution is 2.40. The van der Waals surface area contributed by atoms with Crippen LogP contribution in [0.2, 0.25) is 0 Å². The molecule has 3 atom stereocenters. The summed E-state index contributed by atoms with van der Waals surface area (Å²) in [6.07, 6.45) is 1.41. The number of fused-ring (bicyclic) bond motifs is 5. The van der Waals surface area contributed by atoms with E-state index in [9.17, 15) is 24.0 Å². The number of benzene rings is 4. The third kappa shape index (κ3) is 13.2. The van der Waals surface area contributed by atoms with E-state index in [1.54, 1.807) is 43.3 Å². The second kappa shape index (κ2) is 24.5. The van der Waals surface area contributed by atoms with Crippen molar-refractivity contribution in [3.8, 4) is 51.2 Å². The number of amides is 5. The molecule has 0 aliphatic carbocycles. The Bertz CT molecular complexity index is 2570. The molecule has 18 nitrogen and oxygen atoms in total. The van der Waals surface area contributed by atoms with Crippen LogP contribution < -0.4 is 47.9 Å². The first-order valence-electron chi connectivity index (χ1n) is 21.8. The normalized spacial score (nSPS) is 15.5. The molecule has 2 heterocycles. The molecule has 0 spiro atoms. The number of rotatable bonds is 14. The summed E-state index contributed by atoms with van der Waals surface area (Å²) in [6, 6.07) is 26.0. The molecule has 18 heteroatoms. The van der Waals surface area contributed by atoms with Gasteiger partial charge in [-0.1, -0.05) is 73.7 Å². The maximum absolute atomic E-state index is 14.3. The van der Waals surface area contributed by atoms with E-state index >= 15 is 0 Å². The minimum absolute atomic E-state index is 0.0108. The van der Waals surface area contributed by atoms with E-state index in [1.165, 1.54) is 20.2 Å². The van der Waals surface area contributed by atoms with Crippen molar-refractivity contribution in [2.24, 2.45) is 17.2 Å². The van der Waals surface area contributed by atoms with Gasteiger partial charge in [-0.15, -0.1) is 0 Å². The molecular formula is C49H57N11O7. The summed E-state index contributed by atoms with van der Waals surface area (Å²) in [7, 11) is 1.41. The highest BCUT2D eigenvalue weighted by atomic mass is 16.5. The van der Waals surface area contributed by atoms with Gasteiger partial charge >= 0.3 is 0 Å². The molecule has 0 fully saturated rings. The van der Waals surface area contributed by atoms with E-state index < -0.39 is 54.2 Å². The molecule has 0 saturated carbocycles. The Morgan fingerprint density at radius 1 is 0.836 bits per heavy atom. The number of aromatic nitrogens is 2. The molecular weight excluding hydrogens is 855 g/mol. The number of carbonyl (C=O) groups is 5. The largest absolute Gasteiger partial charge is 0.492 e. The second-order valence-corrected chi connectivity index (χ2v) is 15.4. The van der Waals surface area contributed by atoms with E-state index in [4.69, 9.17) is 31.9 Å². The SMILES string of the molecule is CCN.Cc1nc(-c2ccc(-c3ccccc3)cc2)ncc1C(=O)NCC(=O)N(C)C1C(=O)N[C@@H](C)C(=O)NC(C(=O)NCC#N)Cc2ccc(OCCN)c(c2)-c2cc1ccc2OCCN. The van der Waals surface area contributed by atoms with Crippen LogP contribution in [0, 0.1) is 18.3 Å². The van der Waals surface area contributed by atoms with Crippen LogP contribution in [0.5, 0.6) is 11.5 Å². The van der Waals surface area contributed by atoms with Crippen molar-refractivity contribution >= 4 is 29.5 Å². The van der Waals surface area contributed by atoms with E-state index in [2.05, 4.69) is 31.2 Å². The van der Waals surface area contributed by atoms with E-state index in [-0.39, 0.29) is 44.8 Å². The molecule has 1 aromatic heterocycles. The quantitative estimate of drug-likeness (QED) is 0.0790. The summed E-state index contributed by atoms with van der Waals surface area (Å²) < 4.78 is 12.1. The lowest BCUT2D eigenvalue weighted by molar-refractivity contribution is -0.139. The fraction of sp³-hybridized carbons (Fsp3) is 0.306. The fourth-order valence-electron chi connectivity index (χ4n) is 7.12. The minimum Gasteiger partial charge on any atom is -0.492 e. The number of nitrogens with two attached hydrogens (primary N) is 3. The maximum Gasteiger partial charge on any atom is 0.255 e. The van der Waals surface area contributed by atoms with Gasteiger partial charge in [0.2, 0.25) is 23.6 Å². The number of nitrogens with one attached hydrogen (secondary N) is 4. The average Bonchev–Trinajstić information content (AvgIpc) is 3.33. The van der Waals surface area contributed by atoms with Crippen molar-refractivity contribution in [2.45, 2.75) is 45.3 Å². The summed E-state index contributed by atoms with van der Waals surface area (Å²) in [4.78, 5) is 78.9. The molecule has 10 N–H and O–H groups in total. The first-order chi connectivity index (χ1) is 32.3. The molecule has 67 heavy (non-hydrogen) atoms. The predicted octanol–water partition coefficient (Wildman–Crippen LogP) is 2.54. The van der Waals surface area contributed by atoms with Crippen molar-refractivity contribution in [3.63, 3.8) is 0 Å². The Hall–Kier alpha value is -7.72. The first-order valence-corrected chi connectivity index (χ1v) is 21.8. The van der Waals surface area contributed by atoms with Crippen molar-refractivity contribution in [3.05, 3.63) is 120 Å². The Morgan fingerprint density at radius 2 is 1.45 bits per heavy atom. The standard InChI is InChI=1S/C47H50N10O7.C2H7N/c1-28-37(26-52-43(54-28)33-12-10-32(11-13-33)31-7-5-4-6-8-31)45(60)53-27-41(58)57(3)42-34-14-16-40(64-22-19-50)36(25-34)35-23-30(9-15-39(35)63-21-18-49)24-38(46(61)51-20-17-48)56-44(59)29(2)55-47(42)62;1-2-3/h4-16,23,25-26,29,38,42H,18-22,24,27,49-50H2,1-3H3,(H,51,61)(H,53,60)(H,55,62)(H,56,59);2-3H2,1H3/t29-,38?,42?;/m0./s1. The highest BCUT2D eigenvalue weighted by Gasteiger charge is 2.33. The Kier molecular flexibility index (Phi) is 18.4. The number of carbonyl (C=O) groups excluding carboxylic acids is 5. The van der Waals surface area contributed by atoms with Crippen molar-refractivity contribution in [2.75, 3.05) is 53.0 Å². The van der Waals surface area contributed by atoms with Gasteiger partial charge in [0, 0.05) is 49.4 Å². The van der Waals surface area contributed by atoms with Crippen LogP contribution in [-0.2, 0) is 25.6 Å². The van der Waals surface area contributed by atoms with Crippen molar-refractivity contribution in [1.29, 1.82) is 5.26 Å². The van der Waals surface area contributed by atoms with Gasteiger partial charge in [-0.2, -0.15) is 5.26 Å². The second-order valence-electron chi connectivity index (χ2n) is 15.4. The number of nitrogens with zero attached hydrogens (tertiary/aromatic N) is 4. The molecule has 350 valence electrons. The van der Waals surface area contributed by atoms with E-state index in [1.807, 2.05) is 67.6 Å². The molecule has 1 aliphatic rings. The van der Waals surface area contributed by atoms with Crippen molar-refractivity contribution in [1.82, 2.24) is 36.1 Å². The predicted molar refractivity (Wildman–Crippen MR) is 253 cm³/mol. The third-order valence-electron chi connectivity index (χ3n) is 10.5. The van der Waals surface area contributed by atoms with E-state index in [0.717, 1.165) is 28.1 Å². The lowest BCUT2D eigenvalue weighted by Gasteiger charge is -2.30. The van der Waals surface area contributed by atoms with Gasteiger partial charge < -0.3 is 52.8 Å². The summed E-state index contributed by atoms with van der Waals surface area (Å²) in [6.45, 7) is 5.66. The fourth-order valence-corrected chi connectivity index (χ4v) is 7.12. The van der Waals surface area contributed by atoms with Gasteiger partial charge in [-0.3, -0.25) is 24.0 Å². The maximum atomic E-state index is 14.3. The zero-order valence-electron chi connectivity index (χ0n) is 38.0. The Balaban J connectivity index is 0.00000273. The van der Waals surface area contributed by atoms with Gasteiger partial charge in [0.25, 0.3) is 5.91 Å². The van der Waals surface area contributed by atoms with Crippen LogP contribution in [0.1, 0.15) is 47.1 Å². The van der Waals surface area contributed by atoms with Crippen LogP contribution in [-0.4, -0.2) is 109 Å². The van der Waals surface area contributed by atoms with Crippen LogP contribution in [0.4, 0.5) is 0 Å². The molecule has 4 aromatic carbocycles. The topological polar surface area (TPSA) is 283 Å². The van der Waals surface area contributed by atoms with Crippen LogP contribution in [0.25, 0.3) is 33.6 Å². The number of likely N-dealkylation sites (N-methyl/N-ethyl adjacent to an activating group) is 1. The number of ether oxygens (including phenoxy) is 2. The highest BCUT2D eigenvalue weighted by molar-refractivity contribution is 5.99. The summed E-state index contributed by atoms with van der Waals surface area (Å²) in [5.74, 6) is -2.08. The van der Waals surface area contributed by atoms with Gasteiger partial charge in [0.05, 0.1) is 23.9 Å². The number of hydrogen-bond donors (Lipinski definition) is 7. The van der Waals surface area contributed by atoms with Crippen LogP contribution in [0.15, 0.2) is 97.2 Å². The molecule has 2 unspecified atom stereocenters. The van der Waals surface area contributed by atoms with E-state index in [0.29, 0.717) is 45.3 Å². The molecule has 5 amide bonds. The van der Waals surface area contributed by atoms with Crippen LogP contribution in [0.3, 0.4) is 0 Å². The number of aryl methyl sites for hydroxylation is 1. The summed E-state index contributed by atoms with van der Waals surface area (Å²) in [5.41, 5.74) is 21.8. The lowest BCUT2D eigenvalue weighted by Crippen LogP contribution is -2.55. The first kappa shape index (κ1) is 50.3. The average molecular weight is 912 g/mol. The van der Waals surface area contributed by atoms with Gasteiger partial charge in [0.15, 0.2) is 5.82 Å². The van der Waals surface area contributed by atoms with Gasteiger partial charge in [-0.25, -0.2) is 9.97 Å². The Morgan fingerprint density at radius 3 is 2.07 bits per heavy atom. The molecule has 1 aliphatic heterocycles. The molecule has 5 aromatic rings. The number of nitriles is 1. The van der Waals surface area contributed by atoms with Crippen LogP contribution >= 0.6 is 0 Å². The smallest absolute Gasteiger partial charge is 0.255 e. The molecule has 6 rings (SSSR count). The van der Waals surface area contributed by atoms with Gasteiger partial charge in [0.1, 0.15) is 49.4 Å². The number of hydrogen-bond acceptors (Lipinski definition) is 13. The minimum atomic E-state index is -1.35. The van der Waals surface area contributed by atoms with Gasteiger partial charge in [-0.05, 0) is 66.9 Å². The van der Waals surface area contributed by atoms with Crippen molar-refractivity contribution < 1.29 is 33.4 Å². The monoisotopic (exact) mass is 911 g/mol. The summed E-state index contributed by atoms with van der Waals surface area (Å²) in [5, 5.41) is 19.6. The Labute approximate surface area is 389 Å². The third-order valence-corrected chi connectivity index (χ3v) is 10.5. The molecule has 0 radical (unpaired) electrons. The lowest BCUT2D eigenvalue weighted by atomic mass is 9.93. The molecule has 0 saturated heterocycles.